The number of aryl methyl sites for hydroxylation is 1. The quantitative estimate of drug-likeness (QED) is 0.907. The van der Waals surface area contributed by atoms with Crippen LogP contribution in [0.4, 0.5) is 0 Å². The summed E-state index contributed by atoms with van der Waals surface area (Å²) in [5, 5.41) is 10.7. The molecule has 0 aliphatic carbocycles. The van der Waals surface area contributed by atoms with Gasteiger partial charge < -0.3 is 9.84 Å². The second-order valence-corrected chi connectivity index (χ2v) is 6.14. The van der Waals surface area contributed by atoms with Gasteiger partial charge in [-0.15, -0.1) is 0 Å². The smallest absolute Gasteiger partial charge is 0.133 e. The molecule has 0 amide bonds. The molecule has 2 rings (SSSR count). The molecule has 2 aromatic carbocycles. The fourth-order valence-corrected chi connectivity index (χ4v) is 2.82. The second kappa shape index (κ2) is 5.98. The fraction of sp³-hybridized carbons (Fsp3) is 0.294. The Bertz CT molecular complexity index is 588. The molecule has 1 unspecified atom stereocenters. The van der Waals surface area contributed by atoms with Crippen molar-refractivity contribution in [1.82, 2.24) is 0 Å². The fourth-order valence-electron chi connectivity index (χ4n) is 2.23. The topological polar surface area (TPSA) is 29.5 Å². The molecule has 2 aromatic rings. The van der Waals surface area contributed by atoms with Crippen LogP contribution in [0, 0.1) is 6.92 Å². The molecule has 1 atom stereocenters. The number of hydrogen-bond donors (Lipinski definition) is 1. The Morgan fingerprint density at radius 1 is 1.15 bits per heavy atom. The van der Waals surface area contributed by atoms with E-state index in [0.29, 0.717) is 6.42 Å². The van der Waals surface area contributed by atoms with Crippen molar-refractivity contribution in [3.8, 4) is 5.75 Å². The van der Waals surface area contributed by atoms with Crippen molar-refractivity contribution in [3.05, 3.63) is 63.6 Å². The number of methoxy groups -OCH3 is 1. The molecule has 2 nitrogen and oxygen atoms in total. The van der Waals surface area contributed by atoms with Gasteiger partial charge in [-0.25, -0.2) is 0 Å². The predicted octanol–water partition coefficient (Wildman–Crippen LogP) is 4.22. The van der Waals surface area contributed by atoms with Crippen molar-refractivity contribution in [3.63, 3.8) is 0 Å². The van der Waals surface area contributed by atoms with Gasteiger partial charge in [0.05, 0.1) is 17.2 Å². The Labute approximate surface area is 128 Å². The third kappa shape index (κ3) is 3.41. The lowest BCUT2D eigenvalue weighted by molar-refractivity contribution is 0.0576. The average molecular weight is 335 g/mol. The first-order chi connectivity index (χ1) is 9.42. The van der Waals surface area contributed by atoms with Gasteiger partial charge in [0, 0.05) is 6.42 Å². The molecule has 0 aromatic heterocycles. The molecule has 0 heterocycles. The van der Waals surface area contributed by atoms with Crippen LogP contribution in [-0.4, -0.2) is 12.2 Å². The Balaban J connectivity index is 2.23. The van der Waals surface area contributed by atoms with Crippen LogP contribution >= 0.6 is 15.9 Å². The van der Waals surface area contributed by atoms with Gasteiger partial charge in [0.2, 0.25) is 0 Å². The monoisotopic (exact) mass is 334 g/mol. The van der Waals surface area contributed by atoms with E-state index in [1.165, 1.54) is 5.56 Å². The van der Waals surface area contributed by atoms with Crippen molar-refractivity contribution in [1.29, 1.82) is 0 Å². The predicted molar refractivity (Wildman–Crippen MR) is 85.1 cm³/mol. The van der Waals surface area contributed by atoms with Crippen LogP contribution in [0.3, 0.4) is 0 Å². The highest BCUT2D eigenvalue weighted by atomic mass is 79.9. The summed E-state index contributed by atoms with van der Waals surface area (Å²) in [5.41, 5.74) is 2.29. The Hall–Kier alpha value is -1.32. The van der Waals surface area contributed by atoms with Gasteiger partial charge >= 0.3 is 0 Å². The van der Waals surface area contributed by atoms with E-state index in [1.54, 1.807) is 7.11 Å². The van der Waals surface area contributed by atoms with Crippen molar-refractivity contribution in [2.45, 2.75) is 25.9 Å². The van der Waals surface area contributed by atoms with Crippen molar-refractivity contribution >= 4 is 15.9 Å². The normalized spacial score (nSPS) is 13.8. The molecule has 20 heavy (non-hydrogen) atoms. The van der Waals surface area contributed by atoms with Crippen LogP contribution in [0.2, 0.25) is 0 Å². The summed E-state index contributed by atoms with van der Waals surface area (Å²) >= 11 is 3.47. The molecule has 0 spiro atoms. The van der Waals surface area contributed by atoms with Crippen LogP contribution in [0.15, 0.2) is 46.9 Å². The number of ether oxygens (including phenoxy) is 1. The lowest BCUT2D eigenvalue weighted by Crippen LogP contribution is -2.24. The lowest BCUT2D eigenvalue weighted by Gasteiger charge is -2.24. The van der Waals surface area contributed by atoms with Gasteiger partial charge in [-0.2, -0.15) is 0 Å². The van der Waals surface area contributed by atoms with Crippen molar-refractivity contribution in [2.24, 2.45) is 0 Å². The molecule has 0 saturated carbocycles. The van der Waals surface area contributed by atoms with E-state index in [1.807, 2.05) is 56.3 Å². The molecule has 0 saturated heterocycles. The van der Waals surface area contributed by atoms with Gasteiger partial charge in [-0.05, 0) is 53.0 Å². The minimum absolute atomic E-state index is 0.554. The maximum atomic E-state index is 10.7. The SMILES string of the molecule is COc1ccc(CC(C)(O)c2ccc(C)cc2)cc1Br. The van der Waals surface area contributed by atoms with Crippen LogP contribution < -0.4 is 4.74 Å². The van der Waals surface area contributed by atoms with Crippen molar-refractivity contribution < 1.29 is 9.84 Å². The molecule has 0 aliphatic heterocycles. The Kier molecular flexibility index (Phi) is 4.51. The Morgan fingerprint density at radius 2 is 1.80 bits per heavy atom. The van der Waals surface area contributed by atoms with Crippen LogP contribution in [0.25, 0.3) is 0 Å². The summed E-state index contributed by atoms with van der Waals surface area (Å²) in [5.74, 6) is 0.795. The molecular weight excluding hydrogens is 316 g/mol. The first kappa shape index (κ1) is 15.1. The zero-order valence-electron chi connectivity index (χ0n) is 12.0. The number of benzene rings is 2. The summed E-state index contributed by atoms with van der Waals surface area (Å²) in [6.07, 6.45) is 0.554. The van der Waals surface area contributed by atoms with E-state index in [-0.39, 0.29) is 0 Å². The minimum atomic E-state index is -0.887. The summed E-state index contributed by atoms with van der Waals surface area (Å²) < 4.78 is 6.12. The molecule has 0 aliphatic rings. The number of hydrogen-bond acceptors (Lipinski definition) is 2. The van der Waals surface area contributed by atoms with E-state index in [0.717, 1.165) is 21.3 Å². The standard InChI is InChI=1S/C17H19BrO2/c1-12-4-7-14(8-5-12)17(2,19)11-13-6-9-16(20-3)15(18)10-13/h4-10,19H,11H2,1-3H3. The van der Waals surface area contributed by atoms with E-state index >= 15 is 0 Å². The average Bonchev–Trinajstić information content (AvgIpc) is 2.39. The van der Waals surface area contributed by atoms with Crippen LogP contribution in [0.1, 0.15) is 23.6 Å². The summed E-state index contributed by atoms with van der Waals surface area (Å²) in [6.45, 7) is 3.88. The molecule has 0 fully saturated rings. The van der Waals surface area contributed by atoms with E-state index in [9.17, 15) is 5.11 Å². The summed E-state index contributed by atoms with van der Waals surface area (Å²) in [7, 11) is 1.64. The van der Waals surface area contributed by atoms with Crippen LogP contribution in [-0.2, 0) is 12.0 Å². The molecule has 0 bridgehead atoms. The minimum Gasteiger partial charge on any atom is -0.496 e. The van der Waals surface area contributed by atoms with E-state index < -0.39 is 5.60 Å². The third-order valence-corrected chi connectivity index (χ3v) is 4.06. The maximum absolute atomic E-state index is 10.7. The largest absolute Gasteiger partial charge is 0.496 e. The molecular formula is C17H19BrO2. The van der Waals surface area contributed by atoms with E-state index in [2.05, 4.69) is 15.9 Å². The highest BCUT2D eigenvalue weighted by molar-refractivity contribution is 9.10. The summed E-state index contributed by atoms with van der Waals surface area (Å²) in [4.78, 5) is 0. The highest BCUT2D eigenvalue weighted by Crippen LogP contribution is 2.30. The summed E-state index contributed by atoms with van der Waals surface area (Å²) in [6, 6.07) is 13.9. The van der Waals surface area contributed by atoms with Gasteiger partial charge in [-0.1, -0.05) is 35.9 Å². The number of rotatable bonds is 4. The lowest BCUT2D eigenvalue weighted by atomic mass is 9.88. The molecule has 1 N–H and O–H groups in total. The van der Waals surface area contributed by atoms with Gasteiger partial charge in [0.15, 0.2) is 0 Å². The highest BCUT2D eigenvalue weighted by Gasteiger charge is 2.23. The molecule has 106 valence electrons. The maximum Gasteiger partial charge on any atom is 0.133 e. The van der Waals surface area contributed by atoms with Gasteiger partial charge in [0.25, 0.3) is 0 Å². The van der Waals surface area contributed by atoms with Gasteiger partial charge in [0.1, 0.15) is 5.75 Å². The first-order valence-electron chi connectivity index (χ1n) is 6.54. The zero-order chi connectivity index (χ0) is 14.8. The van der Waals surface area contributed by atoms with Gasteiger partial charge in [-0.3, -0.25) is 0 Å². The molecule has 3 heteroatoms. The third-order valence-electron chi connectivity index (χ3n) is 3.44. The van der Waals surface area contributed by atoms with Crippen LogP contribution in [0.5, 0.6) is 5.75 Å². The number of aliphatic hydroxyl groups is 1. The number of halogens is 1. The molecule has 0 radical (unpaired) electrons. The Morgan fingerprint density at radius 3 is 2.35 bits per heavy atom. The zero-order valence-corrected chi connectivity index (χ0v) is 13.6. The second-order valence-electron chi connectivity index (χ2n) is 5.29. The first-order valence-corrected chi connectivity index (χ1v) is 7.33. The van der Waals surface area contributed by atoms with E-state index in [4.69, 9.17) is 4.74 Å². The van der Waals surface area contributed by atoms with Crippen molar-refractivity contribution in [2.75, 3.05) is 7.11 Å².